The van der Waals surface area contributed by atoms with E-state index in [9.17, 15) is 0 Å². The summed E-state index contributed by atoms with van der Waals surface area (Å²) in [6.45, 7) is 0.773. The Hall–Kier alpha value is -0.830. The van der Waals surface area contributed by atoms with Crippen LogP contribution in [0, 0.1) is 0 Å². The molecule has 1 heterocycles. The Morgan fingerprint density at radius 2 is 2.12 bits per heavy atom. The number of nitrogens with zero attached hydrogens (tertiary/aromatic N) is 2. The van der Waals surface area contributed by atoms with E-state index in [1.54, 1.807) is 0 Å². The molecule has 1 aromatic rings. The number of rotatable bonds is 4. The van der Waals surface area contributed by atoms with Crippen LogP contribution in [-0.2, 0) is 13.5 Å². The highest BCUT2D eigenvalue weighted by atomic mass is 15.3. The first-order valence-electron chi connectivity index (χ1n) is 6.53. The summed E-state index contributed by atoms with van der Waals surface area (Å²) in [4.78, 5) is 0. The summed E-state index contributed by atoms with van der Waals surface area (Å²) in [5.41, 5.74) is 8.50. The van der Waals surface area contributed by atoms with E-state index in [1.165, 1.54) is 43.4 Å². The minimum atomic E-state index is 0.759. The molecule has 3 nitrogen and oxygen atoms in total. The van der Waals surface area contributed by atoms with Crippen molar-refractivity contribution in [3.8, 4) is 0 Å². The maximum absolute atomic E-state index is 5.59. The predicted octanol–water partition coefficient (Wildman–Crippen LogP) is 2.36. The van der Waals surface area contributed by atoms with Gasteiger partial charge < -0.3 is 5.73 Å². The minimum absolute atomic E-state index is 0.759. The molecule has 0 spiro atoms. The van der Waals surface area contributed by atoms with Crippen molar-refractivity contribution >= 4 is 0 Å². The molecule has 16 heavy (non-hydrogen) atoms. The molecule has 90 valence electrons. The van der Waals surface area contributed by atoms with E-state index in [4.69, 9.17) is 5.73 Å². The molecule has 3 heteroatoms. The Kier molecular flexibility index (Phi) is 3.99. The third-order valence-electron chi connectivity index (χ3n) is 3.76. The monoisotopic (exact) mass is 221 g/mol. The highest BCUT2D eigenvalue weighted by Crippen LogP contribution is 2.34. The molecular formula is C13H23N3. The lowest BCUT2D eigenvalue weighted by Gasteiger charge is -2.22. The Morgan fingerprint density at radius 1 is 1.38 bits per heavy atom. The number of hydrogen-bond acceptors (Lipinski definition) is 2. The first-order valence-corrected chi connectivity index (χ1v) is 6.53. The molecule has 0 aliphatic heterocycles. The fourth-order valence-electron chi connectivity index (χ4n) is 2.81. The van der Waals surface area contributed by atoms with E-state index in [2.05, 4.69) is 18.3 Å². The molecule has 1 aliphatic carbocycles. The van der Waals surface area contributed by atoms with Gasteiger partial charge >= 0.3 is 0 Å². The molecule has 0 aromatic carbocycles. The molecule has 0 unspecified atom stereocenters. The molecule has 2 N–H and O–H groups in total. The largest absolute Gasteiger partial charge is 0.330 e. The highest BCUT2D eigenvalue weighted by molar-refractivity contribution is 5.23. The third kappa shape index (κ3) is 2.46. The van der Waals surface area contributed by atoms with Gasteiger partial charge in [-0.15, -0.1) is 0 Å². The molecule has 1 aromatic heterocycles. The smallest absolute Gasteiger partial charge is 0.0527 e. The Bertz CT molecular complexity index is 324. The van der Waals surface area contributed by atoms with Gasteiger partial charge in [0, 0.05) is 12.7 Å². The average Bonchev–Trinajstić information content (AvgIpc) is 2.69. The quantitative estimate of drug-likeness (QED) is 0.848. The first-order chi connectivity index (χ1) is 7.83. The zero-order chi connectivity index (χ0) is 11.4. The van der Waals surface area contributed by atoms with Crippen molar-refractivity contribution in [2.24, 2.45) is 12.8 Å². The fraction of sp³-hybridized carbons (Fsp3) is 0.769. The molecule has 0 bridgehead atoms. The topological polar surface area (TPSA) is 43.8 Å². The van der Waals surface area contributed by atoms with Crippen LogP contribution in [0.1, 0.15) is 55.7 Å². The van der Waals surface area contributed by atoms with Crippen LogP contribution in [0.2, 0.25) is 0 Å². The molecule has 0 amide bonds. The van der Waals surface area contributed by atoms with Gasteiger partial charge in [-0.1, -0.05) is 19.3 Å². The predicted molar refractivity (Wildman–Crippen MR) is 66.4 cm³/mol. The van der Waals surface area contributed by atoms with E-state index in [1.807, 2.05) is 4.68 Å². The first kappa shape index (κ1) is 11.6. The van der Waals surface area contributed by atoms with E-state index in [-0.39, 0.29) is 0 Å². The van der Waals surface area contributed by atoms with E-state index in [0.29, 0.717) is 0 Å². The molecule has 1 aliphatic rings. The van der Waals surface area contributed by atoms with Crippen molar-refractivity contribution in [3.63, 3.8) is 0 Å². The van der Waals surface area contributed by atoms with Crippen LogP contribution >= 0.6 is 0 Å². The SMILES string of the molecule is Cn1ncc(C2CCCCC2)c1CCCN. The van der Waals surface area contributed by atoms with Crippen LogP contribution in [0.5, 0.6) is 0 Å². The summed E-state index contributed by atoms with van der Waals surface area (Å²) in [6, 6.07) is 0. The van der Waals surface area contributed by atoms with Crippen molar-refractivity contribution in [3.05, 3.63) is 17.5 Å². The third-order valence-corrected chi connectivity index (χ3v) is 3.76. The standard InChI is InChI=1S/C13H23N3/c1-16-13(8-5-9-14)12(10-15-16)11-6-3-2-4-7-11/h10-11H,2-9,14H2,1H3. The van der Waals surface area contributed by atoms with Gasteiger partial charge in [-0.3, -0.25) is 4.68 Å². The van der Waals surface area contributed by atoms with E-state index >= 15 is 0 Å². The van der Waals surface area contributed by atoms with Crippen LogP contribution in [0.25, 0.3) is 0 Å². The zero-order valence-electron chi connectivity index (χ0n) is 10.3. The zero-order valence-corrected chi connectivity index (χ0v) is 10.3. The molecule has 0 saturated heterocycles. The van der Waals surface area contributed by atoms with Crippen LogP contribution < -0.4 is 5.73 Å². The second-order valence-electron chi connectivity index (χ2n) is 4.90. The summed E-state index contributed by atoms with van der Waals surface area (Å²) in [7, 11) is 2.05. The van der Waals surface area contributed by atoms with Crippen LogP contribution in [-0.4, -0.2) is 16.3 Å². The maximum atomic E-state index is 5.59. The number of aryl methyl sites for hydroxylation is 1. The lowest BCUT2D eigenvalue weighted by atomic mass is 9.84. The Balaban J connectivity index is 2.12. The summed E-state index contributed by atoms with van der Waals surface area (Å²) in [5, 5.41) is 4.42. The van der Waals surface area contributed by atoms with Crippen molar-refractivity contribution in [2.45, 2.75) is 50.9 Å². The van der Waals surface area contributed by atoms with E-state index < -0.39 is 0 Å². The van der Waals surface area contributed by atoms with Gasteiger partial charge in [0.2, 0.25) is 0 Å². The summed E-state index contributed by atoms with van der Waals surface area (Å²) in [5.74, 6) is 0.759. The number of hydrogen-bond donors (Lipinski definition) is 1. The normalized spacial score (nSPS) is 17.9. The van der Waals surface area contributed by atoms with Gasteiger partial charge in [-0.2, -0.15) is 5.10 Å². The van der Waals surface area contributed by atoms with Crippen LogP contribution in [0.15, 0.2) is 6.20 Å². The lowest BCUT2D eigenvalue weighted by molar-refractivity contribution is 0.440. The van der Waals surface area contributed by atoms with Crippen LogP contribution in [0.3, 0.4) is 0 Å². The summed E-state index contributed by atoms with van der Waals surface area (Å²) >= 11 is 0. The molecule has 1 fully saturated rings. The highest BCUT2D eigenvalue weighted by Gasteiger charge is 2.20. The van der Waals surface area contributed by atoms with Gasteiger partial charge in [0.15, 0.2) is 0 Å². The molecule has 1 saturated carbocycles. The van der Waals surface area contributed by atoms with Crippen LogP contribution in [0.4, 0.5) is 0 Å². The van der Waals surface area contributed by atoms with Crippen molar-refractivity contribution in [2.75, 3.05) is 6.54 Å². The molecule has 0 radical (unpaired) electrons. The molecule has 0 atom stereocenters. The second kappa shape index (κ2) is 5.48. The maximum Gasteiger partial charge on any atom is 0.0527 e. The van der Waals surface area contributed by atoms with Crippen molar-refractivity contribution in [1.29, 1.82) is 0 Å². The number of aromatic nitrogens is 2. The average molecular weight is 221 g/mol. The molecular weight excluding hydrogens is 198 g/mol. The van der Waals surface area contributed by atoms with Gasteiger partial charge in [0.1, 0.15) is 0 Å². The summed E-state index contributed by atoms with van der Waals surface area (Å²) in [6.07, 6.45) is 11.1. The van der Waals surface area contributed by atoms with Crippen molar-refractivity contribution < 1.29 is 0 Å². The Morgan fingerprint density at radius 3 is 2.81 bits per heavy atom. The second-order valence-corrected chi connectivity index (χ2v) is 4.90. The lowest BCUT2D eigenvalue weighted by Crippen LogP contribution is -2.10. The van der Waals surface area contributed by atoms with Gasteiger partial charge in [-0.25, -0.2) is 0 Å². The Labute approximate surface area is 98.0 Å². The fourth-order valence-corrected chi connectivity index (χ4v) is 2.81. The van der Waals surface area contributed by atoms with E-state index in [0.717, 1.165) is 25.3 Å². The minimum Gasteiger partial charge on any atom is -0.330 e. The number of nitrogens with two attached hydrogens (primary N) is 1. The van der Waals surface area contributed by atoms with Gasteiger partial charge in [-0.05, 0) is 43.7 Å². The summed E-state index contributed by atoms with van der Waals surface area (Å²) < 4.78 is 2.04. The van der Waals surface area contributed by atoms with Gasteiger partial charge in [0.05, 0.1) is 6.20 Å². The van der Waals surface area contributed by atoms with Gasteiger partial charge in [0.25, 0.3) is 0 Å². The molecule has 2 rings (SSSR count). The van der Waals surface area contributed by atoms with Crippen molar-refractivity contribution in [1.82, 2.24) is 9.78 Å².